The summed E-state index contributed by atoms with van der Waals surface area (Å²) in [6.07, 6.45) is 2.78. The number of methoxy groups -OCH3 is 1. The monoisotopic (exact) mass is 353 g/mol. The number of esters is 1. The summed E-state index contributed by atoms with van der Waals surface area (Å²) >= 11 is 0. The van der Waals surface area contributed by atoms with E-state index in [1.54, 1.807) is 7.11 Å². The van der Waals surface area contributed by atoms with Crippen molar-refractivity contribution in [3.05, 3.63) is 65.7 Å². The van der Waals surface area contributed by atoms with Gasteiger partial charge in [-0.2, -0.15) is 0 Å². The van der Waals surface area contributed by atoms with Gasteiger partial charge in [0.15, 0.2) is 6.61 Å². The molecule has 0 spiro atoms. The number of hydrogen-bond acceptors (Lipinski definition) is 4. The molecule has 1 atom stereocenters. The van der Waals surface area contributed by atoms with Crippen molar-refractivity contribution in [1.29, 1.82) is 0 Å². The van der Waals surface area contributed by atoms with Crippen molar-refractivity contribution in [3.63, 3.8) is 0 Å². The summed E-state index contributed by atoms with van der Waals surface area (Å²) in [4.78, 5) is 24.2. The molecule has 5 nitrogen and oxygen atoms in total. The molecule has 1 aliphatic rings. The summed E-state index contributed by atoms with van der Waals surface area (Å²) in [7, 11) is 1.61. The van der Waals surface area contributed by atoms with Crippen LogP contribution in [0.25, 0.3) is 0 Å². The van der Waals surface area contributed by atoms with Crippen molar-refractivity contribution in [1.82, 2.24) is 5.32 Å². The number of carbonyl (C=O) groups excluding carboxylic acids is 2. The molecular weight excluding hydrogens is 330 g/mol. The fraction of sp³-hybridized carbons (Fsp3) is 0.333. The van der Waals surface area contributed by atoms with Crippen LogP contribution in [0, 0.1) is 5.92 Å². The SMILES string of the molecule is COc1ccc([C@H](NC(=O)COC(=O)C2CCC2)c2ccccc2)cc1. The van der Waals surface area contributed by atoms with Crippen molar-refractivity contribution in [3.8, 4) is 5.75 Å². The van der Waals surface area contributed by atoms with Gasteiger partial charge in [-0.1, -0.05) is 48.9 Å². The van der Waals surface area contributed by atoms with Crippen molar-refractivity contribution in [2.24, 2.45) is 5.92 Å². The quantitative estimate of drug-likeness (QED) is 0.776. The molecule has 0 heterocycles. The molecule has 2 aromatic carbocycles. The van der Waals surface area contributed by atoms with E-state index in [0.29, 0.717) is 0 Å². The predicted octanol–water partition coefficient (Wildman–Crippen LogP) is 3.24. The van der Waals surface area contributed by atoms with E-state index in [0.717, 1.165) is 36.1 Å². The number of hydrogen-bond donors (Lipinski definition) is 1. The van der Waals surface area contributed by atoms with Crippen LogP contribution in [0.2, 0.25) is 0 Å². The third-order valence-electron chi connectivity index (χ3n) is 4.67. The Bertz CT molecular complexity index is 738. The average molecular weight is 353 g/mol. The summed E-state index contributed by atoms with van der Waals surface area (Å²) in [5, 5.41) is 2.96. The molecule has 5 heteroatoms. The molecule has 1 N–H and O–H groups in total. The van der Waals surface area contributed by atoms with Gasteiger partial charge >= 0.3 is 5.97 Å². The Hall–Kier alpha value is -2.82. The third kappa shape index (κ3) is 4.42. The zero-order chi connectivity index (χ0) is 18.4. The lowest BCUT2D eigenvalue weighted by Crippen LogP contribution is -2.34. The van der Waals surface area contributed by atoms with Crippen LogP contribution in [-0.4, -0.2) is 25.6 Å². The average Bonchev–Trinajstić information content (AvgIpc) is 2.64. The fourth-order valence-corrected chi connectivity index (χ4v) is 2.90. The normalized spacial score (nSPS) is 14.8. The van der Waals surface area contributed by atoms with Crippen molar-refractivity contribution < 1.29 is 19.1 Å². The van der Waals surface area contributed by atoms with E-state index < -0.39 is 0 Å². The lowest BCUT2D eigenvalue weighted by molar-refractivity contribution is -0.155. The minimum Gasteiger partial charge on any atom is -0.497 e. The zero-order valence-corrected chi connectivity index (χ0v) is 14.8. The predicted molar refractivity (Wildman–Crippen MR) is 97.7 cm³/mol. The Morgan fingerprint density at radius 3 is 2.27 bits per heavy atom. The second-order valence-electron chi connectivity index (χ2n) is 6.42. The number of benzene rings is 2. The highest BCUT2D eigenvalue weighted by atomic mass is 16.5. The van der Waals surface area contributed by atoms with Gasteiger partial charge in [-0.15, -0.1) is 0 Å². The first kappa shape index (κ1) is 18.0. The summed E-state index contributed by atoms with van der Waals surface area (Å²) < 4.78 is 10.3. The van der Waals surface area contributed by atoms with E-state index in [-0.39, 0.29) is 30.4 Å². The van der Waals surface area contributed by atoms with Crippen molar-refractivity contribution >= 4 is 11.9 Å². The molecule has 0 unspecified atom stereocenters. The maximum Gasteiger partial charge on any atom is 0.309 e. The molecule has 0 bridgehead atoms. The van der Waals surface area contributed by atoms with Gasteiger partial charge in [0.05, 0.1) is 19.1 Å². The van der Waals surface area contributed by atoms with Crippen LogP contribution in [0.1, 0.15) is 36.4 Å². The van der Waals surface area contributed by atoms with Crippen LogP contribution < -0.4 is 10.1 Å². The molecule has 26 heavy (non-hydrogen) atoms. The number of ether oxygens (including phenoxy) is 2. The number of rotatable bonds is 7. The molecule has 3 rings (SSSR count). The molecule has 0 aliphatic heterocycles. The molecule has 1 aliphatic carbocycles. The first-order valence-corrected chi connectivity index (χ1v) is 8.82. The van der Waals surface area contributed by atoms with Crippen LogP contribution >= 0.6 is 0 Å². The molecule has 0 aromatic heterocycles. The van der Waals surface area contributed by atoms with Gasteiger partial charge < -0.3 is 14.8 Å². The first-order chi connectivity index (χ1) is 12.7. The van der Waals surface area contributed by atoms with E-state index in [1.807, 2.05) is 54.6 Å². The van der Waals surface area contributed by atoms with Crippen LogP contribution in [0.15, 0.2) is 54.6 Å². The molecule has 2 aromatic rings. The maximum atomic E-state index is 12.3. The van der Waals surface area contributed by atoms with Crippen LogP contribution in [0.3, 0.4) is 0 Å². The summed E-state index contributed by atoms with van der Waals surface area (Å²) in [6.45, 7) is -0.255. The van der Waals surface area contributed by atoms with Crippen molar-refractivity contribution in [2.45, 2.75) is 25.3 Å². The Labute approximate surface area is 153 Å². The fourth-order valence-electron chi connectivity index (χ4n) is 2.90. The third-order valence-corrected chi connectivity index (χ3v) is 4.67. The Balaban J connectivity index is 1.68. The molecule has 0 radical (unpaired) electrons. The van der Waals surface area contributed by atoms with E-state index in [1.165, 1.54) is 0 Å². The molecule has 136 valence electrons. The zero-order valence-electron chi connectivity index (χ0n) is 14.8. The Morgan fingerprint density at radius 1 is 1.04 bits per heavy atom. The highest BCUT2D eigenvalue weighted by Gasteiger charge is 2.27. The van der Waals surface area contributed by atoms with E-state index in [2.05, 4.69) is 5.32 Å². The number of carbonyl (C=O) groups is 2. The van der Waals surface area contributed by atoms with Crippen molar-refractivity contribution in [2.75, 3.05) is 13.7 Å². The minimum atomic E-state index is -0.322. The van der Waals surface area contributed by atoms with Gasteiger partial charge in [-0.05, 0) is 36.1 Å². The second-order valence-corrected chi connectivity index (χ2v) is 6.42. The summed E-state index contributed by atoms with van der Waals surface area (Å²) in [5.74, 6) is 0.130. The topological polar surface area (TPSA) is 64.6 Å². The number of nitrogens with one attached hydrogen (secondary N) is 1. The molecule has 1 saturated carbocycles. The molecule has 1 amide bonds. The van der Waals surface area contributed by atoms with Gasteiger partial charge in [-0.25, -0.2) is 0 Å². The van der Waals surface area contributed by atoms with Crippen LogP contribution in [0.5, 0.6) is 5.75 Å². The van der Waals surface area contributed by atoms with Crippen LogP contribution in [0.4, 0.5) is 0 Å². The Morgan fingerprint density at radius 2 is 1.69 bits per heavy atom. The minimum absolute atomic E-state index is 0.0330. The van der Waals surface area contributed by atoms with Crippen LogP contribution in [-0.2, 0) is 14.3 Å². The van der Waals surface area contributed by atoms with E-state index in [9.17, 15) is 9.59 Å². The standard InChI is InChI=1S/C21H23NO4/c1-25-18-12-10-16(11-13-18)20(15-6-3-2-4-7-15)22-19(23)14-26-21(24)17-8-5-9-17/h2-4,6-7,10-13,17,20H,5,8-9,14H2,1H3,(H,22,23)/t20-/m1/s1. The largest absolute Gasteiger partial charge is 0.497 e. The van der Waals surface area contributed by atoms with Gasteiger partial charge in [0, 0.05) is 0 Å². The highest BCUT2D eigenvalue weighted by Crippen LogP contribution is 2.27. The highest BCUT2D eigenvalue weighted by molar-refractivity contribution is 5.82. The summed E-state index contributed by atoms with van der Waals surface area (Å²) in [5.41, 5.74) is 1.88. The van der Waals surface area contributed by atoms with Gasteiger partial charge in [-0.3, -0.25) is 9.59 Å². The Kier molecular flexibility index (Phi) is 5.89. The lowest BCUT2D eigenvalue weighted by Gasteiger charge is -2.24. The maximum absolute atomic E-state index is 12.3. The van der Waals surface area contributed by atoms with Gasteiger partial charge in [0.2, 0.25) is 0 Å². The number of amides is 1. The summed E-state index contributed by atoms with van der Waals surface area (Å²) in [6, 6.07) is 16.9. The second kappa shape index (κ2) is 8.52. The molecule has 0 saturated heterocycles. The van der Waals surface area contributed by atoms with Gasteiger partial charge in [0.25, 0.3) is 5.91 Å². The lowest BCUT2D eigenvalue weighted by atomic mass is 9.86. The van der Waals surface area contributed by atoms with E-state index >= 15 is 0 Å². The van der Waals surface area contributed by atoms with Gasteiger partial charge in [0.1, 0.15) is 5.75 Å². The molecule has 1 fully saturated rings. The van der Waals surface area contributed by atoms with E-state index in [4.69, 9.17) is 9.47 Å². The first-order valence-electron chi connectivity index (χ1n) is 8.82. The molecular formula is C21H23NO4. The smallest absolute Gasteiger partial charge is 0.309 e.